The maximum Gasteiger partial charge on any atom is 0.246 e. The first-order chi connectivity index (χ1) is 20.7. The molecule has 1 saturated heterocycles. The number of carbonyl (C=O) groups is 1. The summed E-state index contributed by atoms with van der Waals surface area (Å²) in [6.45, 7) is 2.24. The third-order valence-electron chi connectivity index (χ3n) is 7.70. The molecule has 1 aromatic carbocycles. The van der Waals surface area contributed by atoms with E-state index in [1.54, 1.807) is 30.3 Å². The SMILES string of the molecule is CN(C)CC=CC(=O)N1CC2CC(Nc3ncnc(N)c3C(=N)c3ccc(C(=N)SC(=N)c4cnccn4)cc3)CC2C1. The molecule has 1 aliphatic heterocycles. The zero-order valence-corrected chi connectivity index (χ0v) is 24.9. The Hall–Kier alpha value is -4.49. The molecule has 1 saturated carbocycles. The summed E-state index contributed by atoms with van der Waals surface area (Å²) in [5.74, 6) is 1.64. The maximum absolute atomic E-state index is 12.6. The van der Waals surface area contributed by atoms with Crippen LogP contribution in [0.15, 0.2) is 61.3 Å². The van der Waals surface area contributed by atoms with Crippen molar-refractivity contribution in [2.75, 3.05) is 44.8 Å². The molecule has 13 heteroatoms. The van der Waals surface area contributed by atoms with Gasteiger partial charge in [-0.15, -0.1) is 0 Å². The smallest absolute Gasteiger partial charge is 0.246 e. The quantitative estimate of drug-likeness (QED) is 0.140. The van der Waals surface area contributed by atoms with E-state index < -0.39 is 0 Å². The van der Waals surface area contributed by atoms with Crippen LogP contribution in [0.1, 0.15) is 35.2 Å². The Balaban J connectivity index is 1.21. The number of carbonyl (C=O) groups excluding carboxylic acids is 1. The molecule has 0 bridgehead atoms. The molecule has 0 spiro atoms. The number of nitrogens with zero attached hydrogens (tertiary/aromatic N) is 6. The fourth-order valence-electron chi connectivity index (χ4n) is 5.58. The molecule has 222 valence electrons. The molecular formula is C30H35N11OS. The highest BCUT2D eigenvalue weighted by Gasteiger charge is 2.42. The number of nitrogen functional groups attached to an aromatic ring is 1. The lowest BCUT2D eigenvalue weighted by molar-refractivity contribution is -0.125. The number of likely N-dealkylation sites (N-methyl/N-ethyl adjacent to an activating group) is 1. The molecule has 1 aliphatic carbocycles. The molecule has 2 aliphatic rings. The van der Waals surface area contributed by atoms with Gasteiger partial charge in [-0.3, -0.25) is 31.0 Å². The van der Waals surface area contributed by atoms with Crippen LogP contribution in [0.5, 0.6) is 0 Å². The van der Waals surface area contributed by atoms with Crippen molar-refractivity contribution in [3.8, 4) is 0 Å². The van der Waals surface area contributed by atoms with Gasteiger partial charge in [0.2, 0.25) is 5.91 Å². The molecule has 3 heterocycles. The van der Waals surface area contributed by atoms with Crippen LogP contribution >= 0.6 is 11.8 Å². The summed E-state index contributed by atoms with van der Waals surface area (Å²) in [6, 6.07) is 7.16. The van der Waals surface area contributed by atoms with E-state index >= 15 is 0 Å². The van der Waals surface area contributed by atoms with E-state index in [9.17, 15) is 4.79 Å². The summed E-state index contributed by atoms with van der Waals surface area (Å²) < 4.78 is 0. The van der Waals surface area contributed by atoms with Crippen molar-refractivity contribution in [3.05, 3.63) is 83.7 Å². The van der Waals surface area contributed by atoms with E-state index in [4.69, 9.17) is 22.0 Å². The number of fused-ring (bicyclic) bond motifs is 1. The largest absolute Gasteiger partial charge is 0.383 e. The van der Waals surface area contributed by atoms with Gasteiger partial charge in [0.15, 0.2) is 0 Å². The number of anilines is 2. The molecule has 2 fully saturated rings. The van der Waals surface area contributed by atoms with Crippen LogP contribution in [-0.2, 0) is 4.79 Å². The monoisotopic (exact) mass is 597 g/mol. The van der Waals surface area contributed by atoms with Crippen molar-refractivity contribution >= 4 is 45.1 Å². The van der Waals surface area contributed by atoms with Gasteiger partial charge in [-0.05, 0) is 50.5 Å². The average molecular weight is 598 g/mol. The highest BCUT2D eigenvalue weighted by Crippen LogP contribution is 2.39. The second-order valence-electron chi connectivity index (χ2n) is 11.0. The molecule has 1 amide bonds. The van der Waals surface area contributed by atoms with Crippen molar-refractivity contribution in [3.63, 3.8) is 0 Å². The molecule has 2 unspecified atom stereocenters. The summed E-state index contributed by atoms with van der Waals surface area (Å²) in [7, 11) is 3.95. The summed E-state index contributed by atoms with van der Waals surface area (Å²) >= 11 is 0.986. The fourth-order valence-corrected chi connectivity index (χ4v) is 6.25. The fraction of sp³-hybridized carbons (Fsp3) is 0.333. The van der Waals surface area contributed by atoms with Gasteiger partial charge in [-0.25, -0.2) is 9.97 Å². The Kier molecular flexibility index (Phi) is 9.22. The average Bonchev–Trinajstić information content (AvgIpc) is 3.56. The number of likely N-dealkylation sites (tertiary alicyclic amines) is 1. The number of rotatable bonds is 9. The number of nitrogens with one attached hydrogen (secondary N) is 4. The molecule has 0 radical (unpaired) electrons. The summed E-state index contributed by atoms with van der Waals surface area (Å²) in [6.07, 6.45) is 11.3. The lowest BCUT2D eigenvalue weighted by Gasteiger charge is -2.21. The number of hydrogen-bond donors (Lipinski definition) is 5. The van der Waals surface area contributed by atoms with Crippen LogP contribution in [0.25, 0.3) is 0 Å². The topological polar surface area (TPSA) is 185 Å². The van der Waals surface area contributed by atoms with E-state index in [-0.39, 0.29) is 33.6 Å². The zero-order chi connectivity index (χ0) is 30.5. The maximum atomic E-state index is 12.6. The van der Waals surface area contributed by atoms with Crippen LogP contribution in [-0.4, -0.2) is 91.2 Å². The van der Waals surface area contributed by atoms with Crippen molar-refractivity contribution in [1.29, 1.82) is 16.2 Å². The van der Waals surface area contributed by atoms with Gasteiger partial charge in [-0.1, -0.05) is 30.3 Å². The van der Waals surface area contributed by atoms with Gasteiger partial charge in [0.25, 0.3) is 0 Å². The Bertz CT molecular complexity index is 1530. The molecule has 3 aromatic rings. The third kappa shape index (κ3) is 7.12. The van der Waals surface area contributed by atoms with Gasteiger partial charge in [-0.2, -0.15) is 0 Å². The molecule has 2 aromatic heterocycles. The van der Waals surface area contributed by atoms with Crippen molar-refractivity contribution < 1.29 is 4.79 Å². The second kappa shape index (κ2) is 13.2. The van der Waals surface area contributed by atoms with E-state index in [0.717, 1.165) is 44.2 Å². The van der Waals surface area contributed by atoms with Crippen molar-refractivity contribution in [1.82, 2.24) is 29.7 Å². The first kappa shape index (κ1) is 30.0. The number of amides is 1. The van der Waals surface area contributed by atoms with Crippen molar-refractivity contribution in [2.24, 2.45) is 11.8 Å². The Morgan fingerprint density at radius 2 is 1.74 bits per heavy atom. The van der Waals surface area contributed by atoms with Crippen LogP contribution in [0, 0.1) is 28.1 Å². The number of hydrogen-bond acceptors (Lipinski definition) is 12. The number of nitrogens with two attached hydrogens (primary N) is 1. The van der Waals surface area contributed by atoms with Crippen LogP contribution in [0.3, 0.4) is 0 Å². The predicted molar refractivity (Wildman–Crippen MR) is 170 cm³/mol. The first-order valence-electron chi connectivity index (χ1n) is 14.0. The number of thioether (sulfide) groups is 1. The highest BCUT2D eigenvalue weighted by atomic mass is 32.2. The normalized spacial score (nSPS) is 19.5. The lowest BCUT2D eigenvalue weighted by atomic mass is 10.0. The van der Waals surface area contributed by atoms with Gasteiger partial charge in [0, 0.05) is 55.3 Å². The number of aromatic nitrogens is 4. The molecule has 5 rings (SSSR count). The first-order valence-corrected chi connectivity index (χ1v) is 14.8. The molecule has 43 heavy (non-hydrogen) atoms. The summed E-state index contributed by atoms with van der Waals surface area (Å²) in [5.41, 5.74) is 8.50. The second-order valence-corrected chi connectivity index (χ2v) is 12.0. The highest BCUT2D eigenvalue weighted by molar-refractivity contribution is 8.27. The zero-order valence-electron chi connectivity index (χ0n) is 24.1. The van der Waals surface area contributed by atoms with Gasteiger partial charge in [0.1, 0.15) is 33.7 Å². The van der Waals surface area contributed by atoms with Gasteiger partial charge >= 0.3 is 0 Å². The lowest BCUT2D eigenvalue weighted by Crippen LogP contribution is -2.30. The molecular weight excluding hydrogens is 562 g/mol. The van der Waals surface area contributed by atoms with Crippen LogP contribution < -0.4 is 11.1 Å². The van der Waals surface area contributed by atoms with Gasteiger partial charge < -0.3 is 20.9 Å². The summed E-state index contributed by atoms with van der Waals surface area (Å²) in [5, 5.41) is 29.4. The minimum Gasteiger partial charge on any atom is -0.383 e. The standard InChI is InChI=1S/C30H35N11OS/c1-40(2)11-3-4-24(42)41-15-20-12-22(13-21(20)16-41)39-30-25(27(32)37-17-38-30)26(31)18-5-7-19(8-6-18)28(33)43-29(34)23-14-35-9-10-36-23/h3-10,14,17,20-22,31,33-34H,11-13,15-16H2,1-2H3,(H3,32,37,38,39). The Morgan fingerprint density at radius 1 is 1.05 bits per heavy atom. The van der Waals surface area contributed by atoms with E-state index in [2.05, 4.69) is 25.3 Å². The van der Waals surface area contributed by atoms with Crippen LogP contribution in [0.2, 0.25) is 0 Å². The van der Waals surface area contributed by atoms with Gasteiger partial charge in [0.05, 0.1) is 17.5 Å². The molecule has 2 atom stereocenters. The minimum atomic E-state index is 0.0728. The van der Waals surface area contributed by atoms with Crippen molar-refractivity contribution in [2.45, 2.75) is 18.9 Å². The Labute approximate surface area is 254 Å². The third-order valence-corrected chi connectivity index (χ3v) is 8.55. The minimum absolute atomic E-state index is 0.0728. The van der Waals surface area contributed by atoms with E-state index in [1.807, 2.05) is 30.0 Å². The van der Waals surface area contributed by atoms with Crippen LogP contribution in [0.4, 0.5) is 11.6 Å². The number of benzene rings is 1. The van der Waals surface area contributed by atoms with E-state index in [0.29, 0.717) is 40.0 Å². The predicted octanol–water partition coefficient (Wildman–Crippen LogP) is 3.12. The molecule has 12 nitrogen and oxygen atoms in total. The summed E-state index contributed by atoms with van der Waals surface area (Å²) in [4.78, 5) is 33.3. The Morgan fingerprint density at radius 3 is 2.40 bits per heavy atom. The van der Waals surface area contributed by atoms with E-state index in [1.165, 1.54) is 24.9 Å². The molecule has 6 N–H and O–H groups in total.